The van der Waals surface area contributed by atoms with Gasteiger partial charge in [-0.15, -0.1) is 6.58 Å². The molecule has 4 rings (SSSR count). The smallest absolute Gasteiger partial charge is 0.223 e. The third-order valence-electron chi connectivity index (χ3n) is 5.77. The molecule has 6 nitrogen and oxygen atoms in total. The van der Waals surface area contributed by atoms with Crippen LogP contribution in [0.2, 0.25) is 0 Å². The minimum absolute atomic E-state index is 0.00712. The molecule has 3 aromatic rings. The fraction of sp³-hybridized carbons (Fsp3) is 0.360. The van der Waals surface area contributed by atoms with Crippen LogP contribution in [0.1, 0.15) is 29.3 Å². The number of amides is 1. The van der Waals surface area contributed by atoms with Crippen molar-refractivity contribution in [3.63, 3.8) is 0 Å². The molecule has 1 saturated heterocycles. The number of fused-ring (bicyclic) bond motifs is 1. The topological polar surface area (TPSA) is 67.6 Å². The molecule has 2 aromatic carbocycles. The van der Waals surface area contributed by atoms with Gasteiger partial charge in [0, 0.05) is 25.4 Å². The van der Waals surface area contributed by atoms with Gasteiger partial charge in [0.25, 0.3) is 0 Å². The van der Waals surface area contributed by atoms with Gasteiger partial charge < -0.3 is 19.3 Å². The summed E-state index contributed by atoms with van der Waals surface area (Å²) in [5.74, 6) is 1.73. The number of aryl methyl sites for hydroxylation is 2. The summed E-state index contributed by atoms with van der Waals surface area (Å²) in [7, 11) is 0. The van der Waals surface area contributed by atoms with Crippen LogP contribution in [0.15, 0.2) is 55.1 Å². The molecular weight excluding hydrogens is 390 g/mol. The van der Waals surface area contributed by atoms with Crippen molar-refractivity contribution < 1.29 is 14.6 Å². The van der Waals surface area contributed by atoms with Gasteiger partial charge >= 0.3 is 0 Å². The summed E-state index contributed by atoms with van der Waals surface area (Å²) >= 11 is 0. The normalized spacial score (nSPS) is 17.3. The van der Waals surface area contributed by atoms with Crippen molar-refractivity contribution in [3.05, 3.63) is 72.1 Å². The minimum Gasteiger partial charge on any atom is -0.491 e. The molecule has 1 amide bonds. The van der Waals surface area contributed by atoms with Crippen molar-refractivity contribution in [2.45, 2.75) is 38.8 Å². The third-order valence-corrected chi connectivity index (χ3v) is 5.77. The molecule has 6 heteroatoms. The molecule has 1 N–H and O–H groups in total. The zero-order valence-corrected chi connectivity index (χ0v) is 18.1. The van der Waals surface area contributed by atoms with E-state index in [1.807, 2.05) is 54.8 Å². The van der Waals surface area contributed by atoms with Crippen molar-refractivity contribution in [2.75, 3.05) is 19.7 Å². The first-order chi connectivity index (χ1) is 15.0. The fourth-order valence-corrected chi connectivity index (χ4v) is 4.29. The maximum absolute atomic E-state index is 12.4. The minimum atomic E-state index is -0.710. The summed E-state index contributed by atoms with van der Waals surface area (Å²) in [6.45, 7) is 9.48. The van der Waals surface area contributed by atoms with Crippen LogP contribution in [0.25, 0.3) is 11.0 Å². The zero-order valence-electron chi connectivity index (χ0n) is 18.1. The molecule has 1 fully saturated rings. The van der Waals surface area contributed by atoms with E-state index in [2.05, 4.69) is 12.6 Å². The number of nitrogens with zero attached hydrogens (tertiary/aromatic N) is 3. The lowest BCUT2D eigenvalue weighted by Gasteiger charge is -2.19. The van der Waals surface area contributed by atoms with Crippen LogP contribution in [-0.4, -0.2) is 51.3 Å². The molecule has 1 aliphatic heterocycles. The number of aromatic nitrogens is 2. The number of hydrogen-bond acceptors (Lipinski definition) is 4. The Morgan fingerprint density at radius 2 is 2.10 bits per heavy atom. The largest absolute Gasteiger partial charge is 0.491 e. The van der Waals surface area contributed by atoms with E-state index in [9.17, 15) is 9.90 Å². The van der Waals surface area contributed by atoms with Crippen molar-refractivity contribution in [2.24, 2.45) is 0 Å². The number of aliphatic hydroxyl groups is 1. The summed E-state index contributed by atoms with van der Waals surface area (Å²) in [6, 6.07) is 13.9. The number of benzene rings is 2. The van der Waals surface area contributed by atoms with Crippen LogP contribution in [0.3, 0.4) is 0 Å². The lowest BCUT2D eigenvalue weighted by molar-refractivity contribution is -0.127. The Kier molecular flexibility index (Phi) is 6.09. The van der Waals surface area contributed by atoms with Gasteiger partial charge in [-0.05, 0) is 37.6 Å². The Balaban J connectivity index is 1.54. The number of imidazole rings is 1. The Bertz CT molecular complexity index is 1100. The van der Waals surface area contributed by atoms with Gasteiger partial charge in [-0.1, -0.05) is 35.9 Å². The average Bonchev–Trinajstić information content (AvgIpc) is 3.28. The van der Waals surface area contributed by atoms with Crippen molar-refractivity contribution in [3.8, 4) is 5.75 Å². The highest BCUT2D eigenvalue weighted by Crippen LogP contribution is 2.30. The highest BCUT2D eigenvalue weighted by Gasteiger charge is 2.33. The van der Waals surface area contributed by atoms with E-state index >= 15 is 0 Å². The summed E-state index contributed by atoms with van der Waals surface area (Å²) in [4.78, 5) is 19.0. The van der Waals surface area contributed by atoms with Crippen LogP contribution < -0.4 is 4.74 Å². The highest BCUT2D eigenvalue weighted by molar-refractivity contribution is 5.81. The second-order valence-electron chi connectivity index (χ2n) is 8.29. The van der Waals surface area contributed by atoms with E-state index in [1.165, 1.54) is 5.56 Å². The predicted molar refractivity (Wildman–Crippen MR) is 121 cm³/mol. The van der Waals surface area contributed by atoms with Crippen LogP contribution in [0.4, 0.5) is 0 Å². The number of para-hydroxylation sites is 2. The second-order valence-corrected chi connectivity index (χ2v) is 8.29. The van der Waals surface area contributed by atoms with E-state index in [4.69, 9.17) is 9.72 Å². The van der Waals surface area contributed by atoms with Crippen LogP contribution in [-0.2, 0) is 11.3 Å². The summed E-state index contributed by atoms with van der Waals surface area (Å²) < 4.78 is 7.93. The van der Waals surface area contributed by atoms with Gasteiger partial charge in [-0.2, -0.15) is 0 Å². The molecule has 2 atom stereocenters. The van der Waals surface area contributed by atoms with Crippen molar-refractivity contribution in [1.29, 1.82) is 0 Å². The average molecular weight is 420 g/mol. The van der Waals surface area contributed by atoms with Crippen LogP contribution >= 0.6 is 0 Å². The molecule has 31 heavy (non-hydrogen) atoms. The van der Waals surface area contributed by atoms with Gasteiger partial charge in [0.15, 0.2) is 0 Å². The monoisotopic (exact) mass is 419 g/mol. The zero-order chi connectivity index (χ0) is 22.0. The molecule has 162 valence electrons. The lowest BCUT2D eigenvalue weighted by atomic mass is 10.1. The second kappa shape index (κ2) is 8.94. The third kappa shape index (κ3) is 4.49. The van der Waals surface area contributed by atoms with Gasteiger partial charge in [-0.3, -0.25) is 4.79 Å². The molecule has 0 radical (unpaired) electrons. The van der Waals surface area contributed by atoms with Gasteiger partial charge in [0.1, 0.15) is 24.3 Å². The molecule has 0 saturated carbocycles. The fourth-order valence-electron chi connectivity index (χ4n) is 4.29. The summed E-state index contributed by atoms with van der Waals surface area (Å²) in [6.07, 6.45) is 1.46. The molecule has 0 bridgehead atoms. The Labute approximate surface area is 182 Å². The summed E-state index contributed by atoms with van der Waals surface area (Å²) in [5, 5.41) is 10.8. The van der Waals surface area contributed by atoms with Crippen LogP contribution in [0, 0.1) is 13.8 Å². The molecular formula is C25H29N3O3. The van der Waals surface area contributed by atoms with E-state index in [0.29, 0.717) is 26.1 Å². The molecule has 0 aliphatic carbocycles. The quantitative estimate of drug-likeness (QED) is 0.567. The number of ether oxygens (including phenoxy) is 1. The van der Waals surface area contributed by atoms with E-state index in [1.54, 1.807) is 11.0 Å². The maximum Gasteiger partial charge on any atom is 0.223 e. The Morgan fingerprint density at radius 3 is 2.87 bits per heavy atom. The summed E-state index contributed by atoms with van der Waals surface area (Å²) in [5.41, 5.74) is 4.05. The van der Waals surface area contributed by atoms with Crippen molar-refractivity contribution in [1.82, 2.24) is 14.5 Å². The Hall–Kier alpha value is -3.12. The first-order valence-electron chi connectivity index (χ1n) is 10.7. The van der Waals surface area contributed by atoms with E-state index < -0.39 is 6.10 Å². The first kappa shape index (κ1) is 21.1. The first-order valence-corrected chi connectivity index (χ1v) is 10.7. The number of carbonyl (C=O) groups excluding carboxylic acids is 1. The van der Waals surface area contributed by atoms with Crippen molar-refractivity contribution >= 4 is 16.9 Å². The number of hydrogen-bond donors (Lipinski definition) is 1. The predicted octanol–water partition coefficient (Wildman–Crippen LogP) is 3.59. The van der Waals surface area contributed by atoms with Crippen LogP contribution in [0.5, 0.6) is 5.75 Å². The van der Waals surface area contributed by atoms with Gasteiger partial charge in [0.2, 0.25) is 5.91 Å². The SMILES string of the molecule is C=CCN1C[C@H](c2nc3ccccc3n2C[C@H](O)COc2ccc(C)cc2C)CC1=O. The Morgan fingerprint density at radius 1 is 1.29 bits per heavy atom. The molecule has 1 aliphatic rings. The van der Waals surface area contributed by atoms with Gasteiger partial charge in [0.05, 0.1) is 17.6 Å². The maximum atomic E-state index is 12.4. The molecule has 1 aromatic heterocycles. The highest BCUT2D eigenvalue weighted by atomic mass is 16.5. The lowest BCUT2D eigenvalue weighted by Crippen LogP contribution is -2.26. The molecule has 0 spiro atoms. The standard InChI is InChI=1S/C25H29N3O3/c1-4-11-27-14-19(13-24(27)30)25-26-21-7-5-6-8-22(21)28(25)15-20(29)16-31-23-10-9-17(2)12-18(23)3/h4-10,12,19-20,29H,1,11,13-16H2,2-3H3/t19-,20+/m1/s1. The molecule has 2 heterocycles. The molecule has 0 unspecified atom stereocenters. The van der Waals surface area contributed by atoms with E-state index in [-0.39, 0.29) is 18.4 Å². The number of rotatable bonds is 8. The number of carbonyl (C=O) groups is 1. The van der Waals surface area contributed by atoms with Gasteiger partial charge in [-0.25, -0.2) is 4.98 Å². The van der Waals surface area contributed by atoms with E-state index in [0.717, 1.165) is 28.2 Å². The number of likely N-dealkylation sites (tertiary alicyclic amines) is 1. The number of aliphatic hydroxyl groups excluding tert-OH is 1.